The van der Waals surface area contributed by atoms with Crippen LogP contribution in [0.3, 0.4) is 0 Å². The zero-order valence-electron chi connectivity index (χ0n) is 12.2. The largest absolute Gasteiger partial charge is 0.367 e. The molecule has 1 heterocycles. The highest BCUT2D eigenvalue weighted by atomic mass is 19.1. The zero-order valence-corrected chi connectivity index (χ0v) is 12.2. The summed E-state index contributed by atoms with van der Waals surface area (Å²) in [7, 11) is 0. The Morgan fingerprint density at radius 3 is 2.76 bits per heavy atom. The number of fused-ring (bicyclic) bond motifs is 1. The first-order chi connectivity index (χ1) is 10.3. The molecule has 0 saturated carbocycles. The number of hydrogen-bond acceptors (Lipinski definition) is 2. The smallest absolute Gasteiger partial charge is 0.123 e. The molecule has 1 aliphatic heterocycles. The summed E-state index contributed by atoms with van der Waals surface area (Å²) >= 11 is 0. The minimum Gasteiger partial charge on any atom is -0.367 e. The maximum absolute atomic E-state index is 13.6. The first-order valence-corrected chi connectivity index (χ1v) is 7.58. The summed E-state index contributed by atoms with van der Waals surface area (Å²) in [5, 5.41) is 0. The second kappa shape index (κ2) is 6.27. The van der Waals surface area contributed by atoms with Gasteiger partial charge in [-0.25, -0.2) is 4.39 Å². The standard InChI is InChI=1S/C18H21FN2/c19-17-9-8-15(12-20)16(11-17)13-21-10-4-3-6-14-5-1-2-7-18(14)21/h1-2,5,7-9,11H,3-4,6,10,12-13,20H2. The maximum Gasteiger partial charge on any atom is 0.123 e. The van der Waals surface area contributed by atoms with Crippen LogP contribution >= 0.6 is 0 Å². The molecule has 2 N–H and O–H groups in total. The highest BCUT2D eigenvalue weighted by Gasteiger charge is 2.16. The number of nitrogens with two attached hydrogens (primary N) is 1. The number of hydrogen-bond donors (Lipinski definition) is 1. The van der Waals surface area contributed by atoms with E-state index in [1.54, 1.807) is 12.1 Å². The predicted octanol–water partition coefficient (Wildman–Crippen LogP) is 3.63. The molecule has 0 fully saturated rings. The summed E-state index contributed by atoms with van der Waals surface area (Å²) < 4.78 is 13.6. The van der Waals surface area contributed by atoms with Crippen LogP contribution < -0.4 is 10.6 Å². The van der Waals surface area contributed by atoms with Crippen molar-refractivity contribution in [3.8, 4) is 0 Å². The Bertz CT molecular complexity index is 624. The van der Waals surface area contributed by atoms with Crippen molar-refractivity contribution in [1.82, 2.24) is 0 Å². The summed E-state index contributed by atoms with van der Waals surface area (Å²) in [5.74, 6) is -0.190. The molecule has 2 aromatic rings. The highest BCUT2D eigenvalue weighted by Crippen LogP contribution is 2.28. The SMILES string of the molecule is NCc1ccc(F)cc1CN1CCCCc2ccccc21. The molecule has 0 aromatic heterocycles. The van der Waals surface area contributed by atoms with Crippen LogP contribution in [0.5, 0.6) is 0 Å². The van der Waals surface area contributed by atoms with Crippen LogP contribution in [0.4, 0.5) is 10.1 Å². The normalized spacial score (nSPS) is 14.7. The molecular formula is C18H21FN2. The van der Waals surface area contributed by atoms with Gasteiger partial charge in [-0.1, -0.05) is 24.3 Å². The number of benzene rings is 2. The van der Waals surface area contributed by atoms with Gasteiger partial charge in [0.15, 0.2) is 0 Å². The Hall–Kier alpha value is -1.87. The Kier molecular flexibility index (Phi) is 4.20. The van der Waals surface area contributed by atoms with E-state index >= 15 is 0 Å². The third-order valence-corrected chi connectivity index (χ3v) is 4.21. The van der Waals surface area contributed by atoms with Gasteiger partial charge in [0.25, 0.3) is 0 Å². The minimum atomic E-state index is -0.190. The monoisotopic (exact) mass is 284 g/mol. The fourth-order valence-electron chi connectivity index (χ4n) is 3.08. The molecule has 21 heavy (non-hydrogen) atoms. The molecule has 2 aromatic carbocycles. The van der Waals surface area contributed by atoms with E-state index in [1.165, 1.54) is 30.2 Å². The van der Waals surface area contributed by atoms with E-state index in [9.17, 15) is 4.39 Å². The Balaban J connectivity index is 1.93. The van der Waals surface area contributed by atoms with Crippen LogP contribution in [0.15, 0.2) is 42.5 Å². The van der Waals surface area contributed by atoms with Crippen LogP contribution in [-0.2, 0) is 19.5 Å². The molecule has 0 aliphatic carbocycles. The van der Waals surface area contributed by atoms with Crippen LogP contribution in [0.2, 0.25) is 0 Å². The Morgan fingerprint density at radius 1 is 1.05 bits per heavy atom. The molecule has 110 valence electrons. The summed E-state index contributed by atoms with van der Waals surface area (Å²) in [6.07, 6.45) is 3.50. The second-order valence-electron chi connectivity index (χ2n) is 5.62. The number of anilines is 1. The van der Waals surface area contributed by atoms with Gasteiger partial charge in [0.05, 0.1) is 0 Å². The van der Waals surface area contributed by atoms with Gasteiger partial charge in [0, 0.05) is 25.3 Å². The lowest BCUT2D eigenvalue weighted by atomic mass is 10.1. The quantitative estimate of drug-likeness (QED) is 0.932. The molecule has 3 rings (SSSR count). The van der Waals surface area contributed by atoms with Crippen LogP contribution in [0, 0.1) is 5.82 Å². The maximum atomic E-state index is 13.6. The molecule has 0 bridgehead atoms. The third-order valence-electron chi connectivity index (χ3n) is 4.21. The second-order valence-corrected chi connectivity index (χ2v) is 5.62. The van der Waals surface area contributed by atoms with Crippen LogP contribution in [0.25, 0.3) is 0 Å². The van der Waals surface area contributed by atoms with E-state index in [1.807, 2.05) is 0 Å². The summed E-state index contributed by atoms with van der Waals surface area (Å²) in [4.78, 5) is 2.36. The van der Waals surface area contributed by atoms with E-state index in [-0.39, 0.29) is 5.82 Å². The molecular weight excluding hydrogens is 263 g/mol. The fourth-order valence-corrected chi connectivity index (χ4v) is 3.08. The van der Waals surface area contributed by atoms with Gasteiger partial charge >= 0.3 is 0 Å². The van der Waals surface area contributed by atoms with Gasteiger partial charge in [-0.2, -0.15) is 0 Å². The molecule has 0 radical (unpaired) electrons. The minimum absolute atomic E-state index is 0.190. The number of nitrogens with zero attached hydrogens (tertiary/aromatic N) is 1. The number of aryl methyl sites for hydroxylation is 1. The van der Waals surface area contributed by atoms with E-state index < -0.39 is 0 Å². The van der Waals surface area contributed by atoms with Crippen LogP contribution in [0.1, 0.15) is 29.5 Å². The van der Waals surface area contributed by atoms with Crippen molar-refractivity contribution in [2.75, 3.05) is 11.4 Å². The zero-order chi connectivity index (χ0) is 14.7. The van der Waals surface area contributed by atoms with Gasteiger partial charge in [0.2, 0.25) is 0 Å². The highest BCUT2D eigenvalue weighted by molar-refractivity contribution is 5.55. The summed E-state index contributed by atoms with van der Waals surface area (Å²) in [6.45, 7) is 2.18. The van der Waals surface area contributed by atoms with E-state index in [4.69, 9.17) is 5.73 Å². The van der Waals surface area contributed by atoms with E-state index in [0.29, 0.717) is 6.54 Å². The first-order valence-electron chi connectivity index (χ1n) is 7.58. The average Bonchev–Trinajstić information content (AvgIpc) is 2.70. The molecule has 0 unspecified atom stereocenters. The van der Waals surface area contributed by atoms with Gasteiger partial charge in [-0.05, 0) is 54.2 Å². The molecule has 1 aliphatic rings. The molecule has 2 nitrogen and oxygen atoms in total. The lowest BCUT2D eigenvalue weighted by molar-refractivity contribution is 0.622. The van der Waals surface area contributed by atoms with Gasteiger partial charge in [-0.3, -0.25) is 0 Å². The van der Waals surface area contributed by atoms with Crippen molar-refractivity contribution >= 4 is 5.69 Å². The predicted molar refractivity (Wildman–Crippen MR) is 84.7 cm³/mol. The lowest BCUT2D eigenvalue weighted by Crippen LogP contribution is -2.24. The van der Waals surface area contributed by atoms with Crippen molar-refractivity contribution in [3.05, 3.63) is 65.0 Å². The molecule has 0 saturated heterocycles. The van der Waals surface area contributed by atoms with Gasteiger partial charge in [0.1, 0.15) is 5.82 Å². The van der Waals surface area contributed by atoms with E-state index in [2.05, 4.69) is 29.2 Å². The topological polar surface area (TPSA) is 29.3 Å². The molecule has 0 amide bonds. The van der Waals surface area contributed by atoms with Gasteiger partial charge < -0.3 is 10.6 Å². The summed E-state index contributed by atoms with van der Waals surface area (Å²) in [6, 6.07) is 13.4. The van der Waals surface area contributed by atoms with E-state index in [0.717, 1.165) is 30.6 Å². The fraction of sp³-hybridized carbons (Fsp3) is 0.333. The number of rotatable bonds is 3. The van der Waals surface area contributed by atoms with Crippen molar-refractivity contribution in [1.29, 1.82) is 0 Å². The molecule has 0 atom stereocenters. The van der Waals surface area contributed by atoms with Crippen molar-refractivity contribution in [2.45, 2.75) is 32.4 Å². The number of para-hydroxylation sites is 1. The average molecular weight is 284 g/mol. The van der Waals surface area contributed by atoms with Gasteiger partial charge in [-0.15, -0.1) is 0 Å². The molecule has 3 heteroatoms. The third kappa shape index (κ3) is 3.08. The van der Waals surface area contributed by atoms with Crippen molar-refractivity contribution in [3.63, 3.8) is 0 Å². The number of halogens is 1. The Morgan fingerprint density at radius 2 is 1.90 bits per heavy atom. The van der Waals surface area contributed by atoms with Crippen molar-refractivity contribution < 1.29 is 4.39 Å². The van der Waals surface area contributed by atoms with Crippen LogP contribution in [-0.4, -0.2) is 6.54 Å². The Labute approximate surface area is 125 Å². The van der Waals surface area contributed by atoms with Crippen molar-refractivity contribution in [2.24, 2.45) is 5.73 Å². The first kappa shape index (κ1) is 14.1. The lowest BCUT2D eigenvalue weighted by Gasteiger charge is -2.26. The molecule has 0 spiro atoms. The summed E-state index contributed by atoms with van der Waals surface area (Å²) in [5.41, 5.74) is 10.5.